The zero-order chi connectivity index (χ0) is 13.9. The Morgan fingerprint density at radius 1 is 0.900 bits per heavy atom. The zero-order valence-corrected chi connectivity index (χ0v) is 11.1. The second-order valence-corrected chi connectivity index (χ2v) is 4.96. The van der Waals surface area contributed by atoms with Crippen LogP contribution in [-0.4, -0.2) is 29.7 Å². The Morgan fingerprint density at radius 3 is 2.15 bits per heavy atom. The Hall–Kier alpha value is -2.42. The Labute approximate surface area is 117 Å². The molecule has 1 saturated heterocycles. The highest BCUT2D eigenvalue weighted by Crippen LogP contribution is 2.20. The van der Waals surface area contributed by atoms with Crippen LogP contribution in [0, 0.1) is 0 Å². The fraction of sp³-hybridized carbons (Fsp3) is 0.176. The van der Waals surface area contributed by atoms with E-state index >= 15 is 0 Å². The number of carbonyl (C=O) groups is 2. The number of nitrogens with zero attached hydrogens (tertiary/aromatic N) is 1. The minimum Gasteiger partial charge on any atom is -0.331 e. The van der Waals surface area contributed by atoms with Crippen LogP contribution in [0.3, 0.4) is 0 Å². The fourth-order valence-electron chi connectivity index (χ4n) is 2.42. The largest absolute Gasteiger partial charge is 0.331 e. The molecule has 1 fully saturated rings. The van der Waals surface area contributed by atoms with Crippen molar-refractivity contribution in [1.82, 2.24) is 4.90 Å². The summed E-state index contributed by atoms with van der Waals surface area (Å²) in [6, 6.07) is 17.6. The van der Waals surface area contributed by atoms with Crippen LogP contribution in [0.15, 0.2) is 54.6 Å². The van der Waals surface area contributed by atoms with Crippen LogP contribution in [0.1, 0.15) is 16.8 Å². The van der Waals surface area contributed by atoms with Gasteiger partial charge in [0.25, 0.3) is 5.91 Å². The van der Waals surface area contributed by atoms with Gasteiger partial charge in [-0.05, 0) is 23.3 Å². The van der Waals surface area contributed by atoms with Crippen molar-refractivity contribution in [2.75, 3.05) is 13.1 Å². The first-order valence-corrected chi connectivity index (χ1v) is 6.70. The van der Waals surface area contributed by atoms with Crippen LogP contribution < -0.4 is 0 Å². The Balaban J connectivity index is 1.79. The summed E-state index contributed by atoms with van der Waals surface area (Å²) in [6.45, 7) is 0.789. The van der Waals surface area contributed by atoms with Crippen LogP contribution in [0.25, 0.3) is 11.1 Å². The third-order valence-electron chi connectivity index (χ3n) is 3.55. The van der Waals surface area contributed by atoms with Crippen molar-refractivity contribution in [3.63, 3.8) is 0 Å². The first-order chi connectivity index (χ1) is 9.74. The number of Topliss-reactive ketones (excluding diaryl/α,β-unsaturated/α-hetero) is 1. The van der Waals surface area contributed by atoms with Crippen molar-refractivity contribution in [3.05, 3.63) is 60.2 Å². The highest BCUT2D eigenvalue weighted by molar-refractivity contribution is 5.98. The Morgan fingerprint density at radius 2 is 1.55 bits per heavy atom. The second-order valence-electron chi connectivity index (χ2n) is 4.96. The molecule has 0 bridgehead atoms. The maximum absolute atomic E-state index is 12.2. The van der Waals surface area contributed by atoms with Crippen LogP contribution in [-0.2, 0) is 4.79 Å². The molecule has 3 heteroatoms. The molecule has 100 valence electrons. The molecule has 0 atom stereocenters. The van der Waals surface area contributed by atoms with Crippen LogP contribution >= 0.6 is 0 Å². The van der Waals surface area contributed by atoms with Gasteiger partial charge < -0.3 is 4.90 Å². The lowest BCUT2D eigenvalue weighted by atomic mass is 10.0. The van der Waals surface area contributed by atoms with Crippen LogP contribution in [0.5, 0.6) is 0 Å². The van der Waals surface area contributed by atoms with Gasteiger partial charge in [-0.15, -0.1) is 0 Å². The molecule has 2 aromatic rings. The van der Waals surface area contributed by atoms with Gasteiger partial charge in [0.15, 0.2) is 5.78 Å². The van der Waals surface area contributed by atoms with Gasteiger partial charge in [-0.2, -0.15) is 0 Å². The van der Waals surface area contributed by atoms with Gasteiger partial charge in [0, 0.05) is 18.5 Å². The minimum absolute atomic E-state index is 0.0598. The molecular formula is C17H15NO2. The number of ketones is 1. The average Bonchev–Trinajstić information content (AvgIpc) is 2.94. The number of benzene rings is 2. The number of likely N-dealkylation sites (tertiary alicyclic amines) is 1. The van der Waals surface area contributed by atoms with Gasteiger partial charge >= 0.3 is 0 Å². The predicted octanol–water partition coefficient (Wildman–Crippen LogP) is 2.77. The van der Waals surface area contributed by atoms with E-state index in [2.05, 4.69) is 0 Å². The van der Waals surface area contributed by atoms with Crippen molar-refractivity contribution in [3.8, 4) is 11.1 Å². The van der Waals surface area contributed by atoms with Gasteiger partial charge in [-0.1, -0.05) is 42.5 Å². The molecule has 0 aromatic heterocycles. The molecule has 0 N–H and O–H groups in total. The van der Waals surface area contributed by atoms with Crippen molar-refractivity contribution in [2.24, 2.45) is 0 Å². The molecule has 2 aromatic carbocycles. The molecule has 0 saturated carbocycles. The molecule has 1 aliphatic heterocycles. The van der Waals surface area contributed by atoms with E-state index in [1.165, 1.54) is 0 Å². The molecular weight excluding hydrogens is 250 g/mol. The summed E-state index contributed by atoms with van der Waals surface area (Å²) in [5, 5.41) is 0. The van der Waals surface area contributed by atoms with Gasteiger partial charge in [0.05, 0.1) is 6.54 Å². The molecule has 1 amide bonds. The number of amides is 1. The van der Waals surface area contributed by atoms with E-state index in [9.17, 15) is 9.59 Å². The summed E-state index contributed by atoms with van der Waals surface area (Å²) in [4.78, 5) is 25.1. The smallest absolute Gasteiger partial charge is 0.254 e. The summed E-state index contributed by atoms with van der Waals surface area (Å²) >= 11 is 0. The van der Waals surface area contributed by atoms with Crippen molar-refractivity contribution in [1.29, 1.82) is 0 Å². The SMILES string of the molecule is O=C1CCN(C(=O)c2ccc(-c3ccccc3)cc2)C1. The summed E-state index contributed by atoms with van der Waals surface area (Å²) in [5.74, 6) is 0.0784. The molecule has 1 heterocycles. The first-order valence-electron chi connectivity index (χ1n) is 6.70. The van der Waals surface area contributed by atoms with Gasteiger partial charge in [-0.25, -0.2) is 0 Å². The topological polar surface area (TPSA) is 37.4 Å². The quantitative estimate of drug-likeness (QED) is 0.837. The fourth-order valence-corrected chi connectivity index (χ4v) is 2.42. The highest BCUT2D eigenvalue weighted by Gasteiger charge is 2.24. The summed E-state index contributed by atoms with van der Waals surface area (Å²) in [5.41, 5.74) is 2.85. The second kappa shape index (κ2) is 5.29. The number of carbonyl (C=O) groups excluding carboxylic acids is 2. The van der Waals surface area contributed by atoms with Crippen molar-refractivity contribution in [2.45, 2.75) is 6.42 Å². The van der Waals surface area contributed by atoms with Crippen LogP contribution in [0.2, 0.25) is 0 Å². The van der Waals surface area contributed by atoms with Gasteiger partial charge in [0.1, 0.15) is 0 Å². The third kappa shape index (κ3) is 2.48. The maximum atomic E-state index is 12.2. The lowest BCUT2D eigenvalue weighted by Crippen LogP contribution is -2.28. The molecule has 1 aliphatic rings. The van der Waals surface area contributed by atoms with E-state index in [1.54, 1.807) is 4.90 Å². The number of rotatable bonds is 2. The number of hydrogen-bond acceptors (Lipinski definition) is 2. The van der Waals surface area contributed by atoms with E-state index in [-0.39, 0.29) is 18.2 Å². The monoisotopic (exact) mass is 265 g/mol. The lowest BCUT2D eigenvalue weighted by molar-refractivity contribution is -0.116. The van der Waals surface area contributed by atoms with E-state index in [4.69, 9.17) is 0 Å². The van der Waals surface area contributed by atoms with Gasteiger partial charge in [-0.3, -0.25) is 9.59 Å². The first kappa shape index (κ1) is 12.6. The Kier molecular flexibility index (Phi) is 3.33. The molecule has 3 nitrogen and oxygen atoms in total. The summed E-state index contributed by atoms with van der Waals surface area (Å²) < 4.78 is 0. The lowest BCUT2D eigenvalue weighted by Gasteiger charge is -2.14. The normalized spacial score (nSPS) is 14.6. The average molecular weight is 265 g/mol. The standard InChI is InChI=1S/C17H15NO2/c19-16-10-11-18(12-16)17(20)15-8-6-14(7-9-15)13-4-2-1-3-5-13/h1-9H,10-12H2. The van der Waals surface area contributed by atoms with Gasteiger partial charge in [0.2, 0.25) is 0 Å². The molecule has 0 radical (unpaired) electrons. The molecule has 3 rings (SSSR count). The third-order valence-corrected chi connectivity index (χ3v) is 3.55. The van der Waals surface area contributed by atoms with E-state index < -0.39 is 0 Å². The van der Waals surface area contributed by atoms with Crippen molar-refractivity contribution < 1.29 is 9.59 Å². The summed E-state index contributed by atoms with van der Waals surface area (Å²) in [7, 11) is 0. The van der Waals surface area contributed by atoms with E-state index in [1.807, 2.05) is 54.6 Å². The van der Waals surface area contributed by atoms with Crippen molar-refractivity contribution >= 4 is 11.7 Å². The number of hydrogen-bond donors (Lipinski definition) is 0. The molecule has 0 spiro atoms. The highest BCUT2D eigenvalue weighted by atomic mass is 16.2. The van der Waals surface area contributed by atoms with E-state index in [0.29, 0.717) is 18.5 Å². The maximum Gasteiger partial charge on any atom is 0.254 e. The zero-order valence-electron chi connectivity index (χ0n) is 11.1. The summed E-state index contributed by atoms with van der Waals surface area (Å²) in [6.07, 6.45) is 0.480. The predicted molar refractivity (Wildman–Crippen MR) is 77.4 cm³/mol. The van der Waals surface area contributed by atoms with Crippen LogP contribution in [0.4, 0.5) is 0 Å². The van der Waals surface area contributed by atoms with E-state index in [0.717, 1.165) is 11.1 Å². The Bertz CT molecular complexity index is 632. The molecule has 20 heavy (non-hydrogen) atoms. The minimum atomic E-state index is -0.0598. The molecule has 0 aliphatic carbocycles. The molecule has 0 unspecified atom stereocenters.